The molecule has 3 aromatic rings. The van der Waals surface area contributed by atoms with E-state index in [9.17, 15) is 26.4 Å². The van der Waals surface area contributed by atoms with Crippen LogP contribution in [-0.2, 0) is 22.6 Å². The Morgan fingerprint density at radius 2 is 1.87 bits per heavy atom. The first-order valence-corrected chi connectivity index (χ1v) is 10.0. The SMILES string of the molecule is CS(=O)(=O)c1cc(C(=O)NCc2nc(N)nn2-c2ncccn2)cc(C(F)(F)F)c1. The van der Waals surface area contributed by atoms with E-state index in [2.05, 4.69) is 25.4 Å². The van der Waals surface area contributed by atoms with E-state index in [4.69, 9.17) is 5.73 Å². The average Bonchev–Trinajstić information content (AvgIpc) is 3.05. The number of nitrogens with one attached hydrogen (secondary N) is 1. The second-order valence-corrected chi connectivity index (χ2v) is 8.06. The smallest absolute Gasteiger partial charge is 0.366 e. The van der Waals surface area contributed by atoms with E-state index in [1.165, 1.54) is 12.4 Å². The van der Waals surface area contributed by atoms with Crippen LogP contribution in [0.3, 0.4) is 0 Å². The highest BCUT2D eigenvalue weighted by Crippen LogP contribution is 2.31. The zero-order chi connectivity index (χ0) is 22.1. The van der Waals surface area contributed by atoms with Crippen LogP contribution in [-0.4, -0.2) is 45.3 Å². The van der Waals surface area contributed by atoms with Crippen LogP contribution in [0.1, 0.15) is 21.7 Å². The summed E-state index contributed by atoms with van der Waals surface area (Å²) in [6, 6.07) is 3.46. The van der Waals surface area contributed by atoms with Crippen LogP contribution in [0.25, 0.3) is 5.95 Å². The number of nitrogen functional groups attached to an aromatic ring is 1. The summed E-state index contributed by atoms with van der Waals surface area (Å²) in [6.07, 6.45) is -1.21. The second kappa shape index (κ2) is 7.70. The Bertz CT molecular complexity index is 1190. The monoisotopic (exact) mass is 441 g/mol. The summed E-state index contributed by atoms with van der Waals surface area (Å²) in [5.74, 6) is -0.857. The number of amides is 1. The number of hydrogen-bond donors (Lipinski definition) is 2. The lowest BCUT2D eigenvalue weighted by Gasteiger charge is -2.12. The van der Waals surface area contributed by atoms with E-state index in [-0.39, 0.29) is 24.3 Å². The van der Waals surface area contributed by atoms with Crippen LogP contribution in [0, 0.1) is 0 Å². The van der Waals surface area contributed by atoms with E-state index >= 15 is 0 Å². The number of carbonyl (C=O) groups is 1. The molecule has 0 saturated carbocycles. The Kier molecular flexibility index (Phi) is 5.43. The maximum absolute atomic E-state index is 13.1. The fourth-order valence-corrected chi connectivity index (χ4v) is 3.09. The first-order valence-electron chi connectivity index (χ1n) is 8.14. The number of hydrogen-bond acceptors (Lipinski definition) is 8. The third kappa shape index (κ3) is 4.71. The standard InChI is InChI=1S/C16H14F3N7O3S/c1-30(28,29)11-6-9(5-10(7-11)16(17,18)19)13(27)23-8-12-24-14(20)25-26(12)15-21-3-2-4-22-15/h2-7H,8H2,1H3,(H2,20,25)(H,23,27). The zero-order valence-corrected chi connectivity index (χ0v) is 16.1. The molecule has 158 valence electrons. The van der Waals surface area contributed by atoms with Gasteiger partial charge in [0.1, 0.15) is 0 Å². The van der Waals surface area contributed by atoms with Gasteiger partial charge in [-0.25, -0.2) is 18.4 Å². The van der Waals surface area contributed by atoms with Gasteiger partial charge in [0.05, 0.1) is 17.0 Å². The van der Waals surface area contributed by atoms with E-state index in [0.717, 1.165) is 17.0 Å². The largest absolute Gasteiger partial charge is 0.416 e. The molecule has 2 heterocycles. The maximum atomic E-state index is 13.1. The second-order valence-electron chi connectivity index (χ2n) is 6.05. The van der Waals surface area contributed by atoms with Crippen LogP contribution < -0.4 is 11.1 Å². The minimum absolute atomic E-state index is 0.113. The van der Waals surface area contributed by atoms with Crippen molar-refractivity contribution in [1.29, 1.82) is 0 Å². The highest BCUT2D eigenvalue weighted by atomic mass is 32.2. The number of benzene rings is 1. The molecule has 0 aliphatic rings. The molecule has 3 N–H and O–H groups in total. The normalized spacial score (nSPS) is 12.0. The molecule has 0 spiro atoms. The van der Waals surface area contributed by atoms with Crippen LogP contribution in [0.4, 0.5) is 19.1 Å². The van der Waals surface area contributed by atoms with Crippen molar-refractivity contribution in [3.05, 3.63) is 53.6 Å². The zero-order valence-electron chi connectivity index (χ0n) is 15.3. The third-order valence-electron chi connectivity index (χ3n) is 3.76. The molecule has 0 fully saturated rings. The molecule has 1 aromatic carbocycles. The molecular weight excluding hydrogens is 427 g/mol. The van der Waals surface area contributed by atoms with Gasteiger partial charge in [-0.1, -0.05) is 0 Å². The van der Waals surface area contributed by atoms with Crippen molar-refractivity contribution in [3.63, 3.8) is 0 Å². The lowest BCUT2D eigenvalue weighted by molar-refractivity contribution is -0.137. The van der Waals surface area contributed by atoms with Gasteiger partial charge in [0.25, 0.3) is 11.9 Å². The maximum Gasteiger partial charge on any atom is 0.416 e. The molecule has 30 heavy (non-hydrogen) atoms. The van der Waals surface area contributed by atoms with Crippen molar-refractivity contribution in [3.8, 4) is 5.95 Å². The highest BCUT2D eigenvalue weighted by molar-refractivity contribution is 7.90. The molecule has 0 aliphatic carbocycles. The van der Waals surface area contributed by atoms with Crippen molar-refractivity contribution >= 4 is 21.7 Å². The quantitative estimate of drug-likeness (QED) is 0.596. The van der Waals surface area contributed by atoms with Crippen LogP contribution in [0.2, 0.25) is 0 Å². The average molecular weight is 441 g/mol. The van der Waals surface area contributed by atoms with Crippen molar-refractivity contribution < 1.29 is 26.4 Å². The number of nitrogens with two attached hydrogens (primary N) is 1. The fourth-order valence-electron chi connectivity index (χ4n) is 2.41. The molecule has 3 rings (SSSR count). The predicted octanol–water partition coefficient (Wildman–Crippen LogP) is 0.992. The van der Waals surface area contributed by atoms with Gasteiger partial charge in [-0.15, -0.1) is 5.10 Å². The third-order valence-corrected chi connectivity index (χ3v) is 4.86. The summed E-state index contributed by atoms with van der Waals surface area (Å²) in [5, 5.41) is 6.26. The Morgan fingerprint density at radius 3 is 2.47 bits per heavy atom. The first kappa shape index (κ1) is 21.2. The summed E-state index contributed by atoms with van der Waals surface area (Å²) in [4.78, 5) is 23.7. The number of halogens is 3. The summed E-state index contributed by atoms with van der Waals surface area (Å²) < 4.78 is 64.0. The molecule has 14 heteroatoms. The molecule has 0 saturated heterocycles. The number of anilines is 1. The number of sulfone groups is 1. The molecule has 0 atom stereocenters. The van der Waals surface area contributed by atoms with Crippen molar-refractivity contribution in [1.82, 2.24) is 30.0 Å². The number of carbonyl (C=O) groups excluding carboxylic acids is 1. The predicted molar refractivity (Wildman–Crippen MR) is 97.1 cm³/mol. The minimum Gasteiger partial charge on any atom is -0.366 e. The van der Waals surface area contributed by atoms with E-state index < -0.39 is 37.9 Å². The topological polar surface area (TPSA) is 146 Å². The Labute approximate surface area is 167 Å². The van der Waals surface area contributed by atoms with Gasteiger partial charge >= 0.3 is 6.18 Å². The fraction of sp³-hybridized carbons (Fsp3) is 0.188. The van der Waals surface area contributed by atoms with Gasteiger partial charge in [0.2, 0.25) is 5.95 Å². The molecule has 10 nitrogen and oxygen atoms in total. The number of alkyl halides is 3. The Balaban J connectivity index is 1.89. The highest BCUT2D eigenvalue weighted by Gasteiger charge is 2.33. The Morgan fingerprint density at radius 1 is 1.20 bits per heavy atom. The summed E-state index contributed by atoms with van der Waals surface area (Å²) in [7, 11) is -3.99. The van der Waals surface area contributed by atoms with Gasteiger partial charge < -0.3 is 11.1 Å². The van der Waals surface area contributed by atoms with Crippen molar-refractivity contribution in [2.75, 3.05) is 12.0 Å². The minimum atomic E-state index is -4.84. The molecule has 0 bridgehead atoms. The number of aromatic nitrogens is 5. The molecule has 2 aromatic heterocycles. The number of nitrogens with zero attached hydrogens (tertiary/aromatic N) is 5. The summed E-state index contributed by atoms with van der Waals surface area (Å²) >= 11 is 0. The molecule has 0 radical (unpaired) electrons. The van der Waals surface area contributed by atoms with Crippen molar-refractivity contribution in [2.45, 2.75) is 17.6 Å². The van der Waals surface area contributed by atoms with Gasteiger partial charge in [0, 0.05) is 24.2 Å². The van der Waals surface area contributed by atoms with Crippen LogP contribution in [0.5, 0.6) is 0 Å². The lowest BCUT2D eigenvalue weighted by Crippen LogP contribution is -2.26. The van der Waals surface area contributed by atoms with Gasteiger partial charge in [-0.3, -0.25) is 4.79 Å². The van der Waals surface area contributed by atoms with E-state index in [1.807, 2.05) is 0 Å². The Hall–Kier alpha value is -3.55. The molecular formula is C16H14F3N7O3S. The van der Waals surface area contributed by atoms with Gasteiger partial charge in [-0.05, 0) is 24.3 Å². The summed E-state index contributed by atoms with van der Waals surface area (Å²) in [5.41, 5.74) is 3.82. The lowest BCUT2D eigenvalue weighted by atomic mass is 10.1. The molecule has 0 unspecified atom stereocenters. The van der Waals surface area contributed by atoms with Gasteiger partial charge in [-0.2, -0.15) is 22.8 Å². The van der Waals surface area contributed by atoms with E-state index in [0.29, 0.717) is 12.1 Å². The van der Waals surface area contributed by atoms with Crippen LogP contribution in [0.15, 0.2) is 41.6 Å². The molecule has 0 aliphatic heterocycles. The van der Waals surface area contributed by atoms with Gasteiger partial charge in [0.15, 0.2) is 15.7 Å². The number of rotatable bonds is 5. The first-order chi connectivity index (χ1) is 13.9. The van der Waals surface area contributed by atoms with Crippen molar-refractivity contribution in [2.24, 2.45) is 0 Å². The molecule has 1 amide bonds. The summed E-state index contributed by atoms with van der Waals surface area (Å²) in [6.45, 7) is -0.286. The van der Waals surface area contributed by atoms with E-state index in [1.54, 1.807) is 6.07 Å². The van der Waals surface area contributed by atoms with Crippen LogP contribution >= 0.6 is 0 Å².